The average molecular weight is 325 g/mol. The van der Waals surface area contributed by atoms with E-state index < -0.39 is 5.82 Å². The Morgan fingerprint density at radius 2 is 2.11 bits per heavy atom. The number of aromatic nitrogens is 1. The summed E-state index contributed by atoms with van der Waals surface area (Å²) < 4.78 is 13.3. The largest absolute Gasteiger partial charge is 0.322 e. The smallest absolute Gasteiger partial charge is 0.255 e. The van der Waals surface area contributed by atoms with Gasteiger partial charge in [-0.2, -0.15) is 0 Å². The molecule has 0 saturated carbocycles. The molecule has 0 bridgehead atoms. The van der Waals surface area contributed by atoms with Crippen molar-refractivity contribution in [3.63, 3.8) is 0 Å². The minimum Gasteiger partial charge on any atom is -0.322 e. The minimum absolute atomic E-state index is 0.282. The van der Waals surface area contributed by atoms with E-state index in [-0.39, 0.29) is 10.4 Å². The number of nitrogens with zero attached hydrogens (tertiary/aromatic N) is 1. The lowest BCUT2D eigenvalue weighted by Crippen LogP contribution is -2.14. The normalized spacial score (nSPS) is 10.1. The molecule has 1 aromatic heterocycles. The summed E-state index contributed by atoms with van der Waals surface area (Å²) in [5, 5.41) is 2.65. The first-order valence-electron chi connectivity index (χ1n) is 5.29. The lowest BCUT2D eigenvalue weighted by Gasteiger charge is -2.07. The third-order valence-electron chi connectivity index (χ3n) is 2.35. The molecule has 4 N–H and O–H groups in total. The van der Waals surface area contributed by atoms with Crippen molar-refractivity contribution in [3.8, 4) is 0 Å². The second-order valence-electron chi connectivity index (χ2n) is 3.66. The van der Waals surface area contributed by atoms with Gasteiger partial charge in [-0.05, 0) is 46.3 Å². The fraction of sp³-hybridized carbons (Fsp3) is 0. The van der Waals surface area contributed by atoms with Crippen molar-refractivity contribution in [1.82, 2.24) is 4.98 Å². The summed E-state index contributed by atoms with van der Waals surface area (Å²) >= 11 is 3.05. The summed E-state index contributed by atoms with van der Waals surface area (Å²) in [6, 6.07) is 7.28. The molecular weight excluding hydrogens is 315 g/mol. The number of nitrogens with two attached hydrogens (primary N) is 1. The number of benzene rings is 1. The van der Waals surface area contributed by atoms with Gasteiger partial charge in [0.15, 0.2) is 0 Å². The summed E-state index contributed by atoms with van der Waals surface area (Å²) in [4.78, 5) is 15.9. The van der Waals surface area contributed by atoms with Gasteiger partial charge < -0.3 is 10.7 Å². The van der Waals surface area contributed by atoms with E-state index >= 15 is 0 Å². The number of amides is 1. The molecule has 0 aliphatic rings. The van der Waals surface area contributed by atoms with Gasteiger partial charge in [0.05, 0.1) is 4.47 Å². The average Bonchev–Trinajstić information content (AvgIpc) is 2.43. The number of hydrazine groups is 1. The number of carbonyl (C=O) groups is 1. The highest BCUT2D eigenvalue weighted by Crippen LogP contribution is 2.20. The van der Waals surface area contributed by atoms with Gasteiger partial charge in [0.1, 0.15) is 11.6 Å². The van der Waals surface area contributed by atoms with Crippen LogP contribution in [0.1, 0.15) is 10.4 Å². The lowest BCUT2D eigenvalue weighted by atomic mass is 10.2. The van der Waals surface area contributed by atoms with Crippen molar-refractivity contribution >= 4 is 33.3 Å². The predicted molar refractivity (Wildman–Crippen MR) is 74.1 cm³/mol. The van der Waals surface area contributed by atoms with Crippen LogP contribution < -0.4 is 16.6 Å². The molecule has 2 aromatic rings. The molecule has 0 spiro atoms. The maximum Gasteiger partial charge on any atom is 0.255 e. The SMILES string of the molecule is NNc1cc(C(=O)Nc2ccc(F)c(Br)c2)ccn1. The standard InChI is InChI=1S/C12H10BrFN4O/c13-9-6-8(1-2-10(9)14)17-12(19)7-3-4-16-11(5-7)18-15/h1-6H,15H2,(H,16,18)(H,17,19). The van der Waals surface area contributed by atoms with E-state index in [4.69, 9.17) is 5.84 Å². The van der Waals surface area contributed by atoms with Gasteiger partial charge in [-0.3, -0.25) is 4.79 Å². The maximum absolute atomic E-state index is 13.1. The number of carbonyl (C=O) groups excluding carboxylic acids is 1. The molecule has 98 valence electrons. The van der Waals surface area contributed by atoms with Crippen molar-refractivity contribution in [3.05, 3.63) is 52.4 Å². The molecule has 0 fully saturated rings. The molecule has 19 heavy (non-hydrogen) atoms. The van der Waals surface area contributed by atoms with Crippen LogP contribution in [0.25, 0.3) is 0 Å². The van der Waals surface area contributed by atoms with Crippen LogP contribution in [0.2, 0.25) is 0 Å². The minimum atomic E-state index is -0.392. The number of hydrogen-bond acceptors (Lipinski definition) is 4. The van der Waals surface area contributed by atoms with Crippen LogP contribution >= 0.6 is 15.9 Å². The van der Waals surface area contributed by atoms with Gasteiger partial charge >= 0.3 is 0 Å². The molecule has 0 radical (unpaired) electrons. The first-order chi connectivity index (χ1) is 9.10. The summed E-state index contributed by atoms with van der Waals surface area (Å²) in [5.41, 5.74) is 3.23. The summed E-state index contributed by atoms with van der Waals surface area (Å²) in [6.07, 6.45) is 1.46. The molecule has 0 atom stereocenters. The Labute approximate surface area is 117 Å². The van der Waals surface area contributed by atoms with E-state index in [1.54, 1.807) is 6.07 Å². The fourth-order valence-corrected chi connectivity index (χ4v) is 1.81. The molecule has 5 nitrogen and oxygen atoms in total. The van der Waals surface area contributed by atoms with Crippen LogP contribution in [0, 0.1) is 5.82 Å². The van der Waals surface area contributed by atoms with Crippen LogP contribution in [0.5, 0.6) is 0 Å². The summed E-state index contributed by atoms with van der Waals surface area (Å²) in [5.74, 6) is 4.87. The van der Waals surface area contributed by atoms with Gasteiger partial charge in [0.2, 0.25) is 0 Å². The first kappa shape index (κ1) is 13.4. The van der Waals surface area contributed by atoms with Gasteiger partial charge in [-0.15, -0.1) is 0 Å². The summed E-state index contributed by atoms with van der Waals surface area (Å²) in [7, 11) is 0. The highest BCUT2D eigenvalue weighted by molar-refractivity contribution is 9.10. The van der Waals surface area contributed by atoms with Gasteiger partial charge in [0.25, 0.3) is 5.91 Å². The Morgan fingerprint density at radius 1 is 1.32 bits per heavy atom. The zero-order chi connectivity index (χ0) is 13.8. The van der Waals surface area contributed by atoms with Crippen LogP contribution in [0.4, 0.5) is 15.9 Å². The van der Waals surface area contributed by atoms with Crippen molar-refractivity contribution in [1.29, 1.82) is 0 Å². The Balaban J connectivity index is 2.18. The highest BCUT2D eigenvalue weighted by Gasteiger charge is 2.08. The van der Waals surface area contributed by atoms with E-state index in [0.717, 1.165) is 0 Å². The lowest BCUT2D eigenvalue weighted by molar-refractivity contribution is 0.102. The fourth-order valence-electron chi connectivity index (χ4n) is 1.43. The van der Waals surface area contributed by atoms with E-state index in [1.807, 2.05) is 0 Å². The second-order valence-corrected chi connectivity index (χ2v) is 4.51. The van der Waals surface area contributed by atoms with E-state index in [0.29, 0.717) is 17.1 Å². The number of halogens is 2. The van der Waals surface area contributed by atoms with Crippen molar-refractivity contribution in [2.75, 3.05) is 10.7 Å². The van der Waals surface area contributed by atoms with Gasteiger partial charge in [-0.1, -0.05) is 0 Å². The molecule has 0 aliphatic heterocycles. The monoisotopic (exact) mass is 324 g/mol. The number of nitrogens with one attached hydrogen (secondary N) is 2. The van der Waals surface area contributed by atoms with Crippen LogP contribution in [-0.2, 0) is 0 Å². The van der Waals surface area contributed by atoms with Crippen molar-refractivity contribution < 1.29 is 9.18 Å². The predicted octanol–water partition coefficient (Wildman–Crippen LogP) is 2.52. The molecule has 0 unspecified atom stereocenters. The third-order valence-corrected chi connectivity index (χ3v) is 2.96. The van der Waals surface area contributed by atoms with E-state index in [1.165, 1.54) is 30.5 Å². The van der Waals surface area contributed by atoms with Crippen LogP contribution in [0.3, 0.4) is 0 Å². The number of hydrogen-bond donors (Lipinski definition) is 3. The van der Waals surface area contributed by atoms with E-state index in [9.17, 15) is 9.18 Å². The number of nitrogen functional groups attached to an aromatic ring is 1. The highest BCUT2D eigenvalue weighted by atomic mass is 79.9. The Hall–Kier alpha value is -1.99. The second kappa shape index (κ2) is 5.77. The first-order valence-corrected chi connectivity index (χ1v) is 6.08. The Kier molecular flexibility index (Phi) is 4.08. The van der Waals surface area contributed by atoms with Crippen molar-refractivity contribution in [2.45, 2.75) is 0 Å². The quantitative estimate of drug-likeness (QED) is 0.598. The molecule has 7 heteroatoms. The zero-order valence-electron chi connectivity index (χ0n) is 9.65. The Morgan fingerprint density at radius 3 is 2.79 bits per heavy atom. The molecule has 1 amide bonds. The molecular formula is C12H10BrFN4O. The third kappa shape index (κ3) is 3.27. The van der Waals surface area contributed by atoms with Crippen molar-refractivity contribution in [2.24, 2.45) is 5.84 Å². The van der Waals surface area contributed by atoms with Gasteiger partial charge in [-0.25, -0.2) is 15.2 Å². The number of anilines is 2. The van der Waals surface area contributed by atoms with E-state index in [2.05, 4.69) is 31.7 Å². The number of pyridine rings is 1. The number of rotatable bonds is 3. The molecule has 1 aromatic carbocycles. The zero-order valence-corrected chi connectivity index (χ0v) is 11.2. The van der Waals surface area contributed by atoms with Crippen LogP contribution in [0.15, 0.2) is 41.0 Å². The maximum atomic E-state index is 13.1. The summed E-state index contributed by atoms with van der Waals surface area (Å²) in [6.45, 7) is 0. The van der Waals surface area contributed by atoms with Gasteiger partial charge in [0, 0.05) is 17.4 Å². The topological polar surface area (TPSA) is 80.0 Å². The Bertz CT molecular complexity index is 620. The van der Waals surface area contributed by atoms with Crippen LogP contribution in [-0.4, -0.2) is 10.9 Å². The molecule has 2 rings (SSSR count). The molecule has 1 heterocycles. The molecule has 0 aliphatic carbocycles. The molecule has 0 saturated heterocycles.